The van der Waals surface area contributed by atoms with Gasteiger partial charge in [0.05, 0.1) is 0 Å². The Morgan fingerprint density at radius 3 is 2.21 bits per heavy atom. The largest absolute Gasteiger partial charge is 0.258 e. The van der Waals surface area contributed by atoms with Crippen LogP contribution in [0.3, 0.4) is 0 Å². The van der Waals surface area contributed by atoms with Crippen LogP contribution >= 0.6 is 0 Å². The summed E-state index contributed by atoms with van der Waals surface area (Å²) in [5.74, 6) is 1.91. The van der Waals surface area contributed by atoms with Gasteiger partial charge in [-0.2, -0.15) is 0 Å². The summed E-state index contributed by atoms with van der Waals surface area (Å²) in [6.45, 7) is 7.30. The second-order valence-electron chi connectivity index (χ2n) is 5.46. The van der Waals surface area contributed by atoms with Crippen molar-refractivity contribution in [3.8, 4) is 0 Å². The van der Waals surface area contributed by atoms with Crippen molar-refractivity contribution in [1.82, 2.24) is 10.4 Å². The molecule has 2 nitrogen and oxygen atoms in total. The normalized spacial score (nSPS) is 32.1. The van der Waals surface area contributed by atoms with E-state index in [1.165, 1.54) is 38.8 Å². The molecule has 2 heteroatoms. The molecule has 0 aromatic carbocycles. The highest BCUT2D eigenvalue weighted by atomic mass is 15.5. The van der Waals surface area contributed by atoms with Crippen LogP contribution < -0.4 is 5.43 Å². The second-order valence-corrected chi connectivity index (χ2v) is 5.46. The maximum atomic E-state index is 3.27. The number of nitrogens with zero attached hydrogens (tertiary/aromatic N) is 1. The van der Waals surface area contributed by atoms with Gasteiger partial charge in [-0.1, -0.05) is 13.8 Å². The van der Waals surface area contributed by atoms with Crippen molar-refractivity contribution in [1.29, 1.82) is 0 Å². The van der Waals surface area contributed by atoms with Crippen molar-refractivity contribution in [2.75, 3.05) is 20.1 Å². The SMILES string of the molecule is CNN1CCC2(CCC2C(C)C)CC1. The van der Waals surface area contributed by atoms with Gasteiger partial charge in [0, 0.05) is 13.1 Å². The molecule has 14 heavy (non-hydrogen) atoms. The number of hydrogen-bond donors (Lipinski definition) is 1. The molecule has 82 valence electrons. The third-order valence-electron chi connectivity index (χ3n) is 4.62. The summed E-state index contributed by atoms with van der Waals surface area (Å²) in [7, 11) is 2.04. The van der Waals surface area contributed by atoms with Gasteiger partial charge in [-0.05, 0) is 50.0 Å². The number of hydrazine groups is 1. The molecule has 1 saturated heterocycles. The van der Waals surface area contributed by atoms with E-state index in [2.05, 4.69) is 24.3 Å². The Bertz CT molecular complexity index is 192. The fourth-order valence-electron chi connectivity index (χ4n) is 3.56. The molecular weight excluding hydrogens is 172 g/mol. The van der Waals surface area contributed by atoms with Crippen LogP contribution in [-0.2, 0) is 0 Å². The number of hydrogen-bond acceptors (Lipinski definition) is 2. The Kier molecular flexibility index (Phi) is 2.85. The van der Waals surface area contributed by atoms with Crippen LogP contribution in [-0.4, -0.2) is 25.1 Å². The molecule has 1 heterocycles. The van der Waals surface area contributed by atoms with E-state index in [9.17, 15) is 0 Å². The lowest BCUT2D eigenvalue weighted by atomic mass is 9.52. The Hall–Kier alpha value is -0.0800. The first-order valence-corrected chi connectivity index (χ1v) is 6.10. The molecule has 1 aliphatic heterocycles. The summed E-state index contributed by atoms with van der Waals surface area (Å²) in [6, 6.07) is 0. The van der Waals surface area contributed by atoms with Crippen molar-refractivity contribution < 1.29 is 0 Å². The molecule has 2 aliphatic rings. The predicted molar refractivity (Wildman–Crippen MR) is 59.9 cm³/mol. The molecule has 1 aliphatic carbocycles. The third kappa shape index (κ3) is 1.59. The lowest BCUT2D eigenvalue weighted by molar-refractivity contribution is -0.0648. The molecule has 1 unspecified atom stereocenters. The summed E-state index contributed by atoms with van der Waals surface area (Å²) in [5.41, 5.74) is 4.00. The van der Waals surface area contributed by atoms with Crippen LogP contribution in [0.1, 0.15) is 39.5 Å². The summed E-state index contributed by atoms with van der Waals surface area (Å²) in [5, 5.41) is 2.36. The van der Waals surface area contributed by atoms with Gasteiger partial charge in [0.2, 0.25) is 0 Å². The minimum absolute atomic E-state index is 0.738. The predicted octanol–water partition coefficient (Wildman–Crippen LogP) is 2.27. The van der Waals surface area contributed by atoms with Crippen molar-refractivity contribution in [3.05, 3.63) is 0 Å². The van der Waals surface area contributed by atoms with Gasteiger partial charge in [0.1, 0.15) is 0 Å². The standard InChI is InChI=1S/C12H24N2/c1-10(2)11-4-5-12(11)6-8-14(13-3)9-7-12/h10-11,13H,4-9H2,1-3H3. The van der Waals surface area contributed by atoms with Crippen molar-refractivity contribution in [3.63, 3.8) is 0 Å². The first-order chi connectivity index (χ1) is 6.68. The van der Waals surface area contributed by atoms with Crippen molar-refractivity contribution in [2.24, 2.45) is 17.3 Å². The molecule has 0 amide bonds. The van der Waals surface area contributed by atoms with E-state index in [1.807, 2.05) is 7.05 Å². The lowest BCUT2D eigenvalue weighted by Crippen LogP contribution is -2.53. The van der Waals surface area contributed by atoms with Gasteiger partial charge in [0.25, 0.3) is 0 Å². The topological polar surface area (TPSA) is 15.3 Å². The van der Waals surface area contributed by atoms with Gasteiger partial charge in [0.15, 0.2) is 0 Å². The summed E-state index contributed by atoms with van der Waals surface area (Å²) < 4.78 is 0. The highest BCUT2D eigenvalue weighted by molar-refractivity contribution is 4.99. The zero-order chi connectivity index (χ0) is 10.2. The fourth-order valence-corrected chi connectivity index (χ4v) is 3.56. The third-order valence-corrected chi connectivity index (χ3v) is 4.62. The van der Waals surface area contributed by atoms with Crippen LogP contribution in [0.4, 0.5) is 0 Å². The lowest BCUT2D eigenvalue weighted by Gasteiger charge is -2.55. The van der Waals surface area contributed by atoms with Crippen molar-refractivity contribution >= 4 is 0 Å². The first kappa shape index (κ1) is 10.4. The molecule has 0 aromatic heterocycles. The van der Waals surface area contributed by atoms with E-state index in [-0.39, 0.29) is 0 Å². The van der Waals surface area contributed by atoms with Crippen LogP contribution in [0.5, 0.6) is 0 Å². The summed E-state index contributed by atoms with van der Waals surface area (Å²) >= 11 is 0. The van der Waals surface area contributed by atoms with Crippen LogP contribution in [0.25, 0.3) is 0 Å². The van der Waals surface area contributed by atoms with Crippen molar-refractivity contribution in [2.45, 2.75) is 39.5 Å². The zero-order valence-electron chi connectivity index (χ0n) is 9.84. The molecule has 1 atom stereocenters. The molecular formula is C12H24N2. The van der Waals surface area contributed by atoms with Crippen LogP contribution in [0.15, 0.2) is 0 Å². The second kappa shape index (κ2) is 3.82. The highest BCUT2D eigenvalue weighted by Gasteiger charge is 2.48. The molecule has 2 fully saturated rings. The Morgan fingerprint density at radius 2 is 1.86 bits per heavy atom. The number of nitrogens with one attached hydrogen (secondary N) is 1. The van der Waals surface area contributed by atoms with E-state index in [4.69, 9.17) is 0 Å². The highest BCUT2D eigenvalue weighted by Crippen LogP contribution is 2.56. The Labute approximate surface area is 88.0 Å². The Morgan fingerprint density at radius 1 is 1.21 bits per heavy atom. The van der Waals surface area contributed by atoms with E-state index < -0.39 is 0 Å². The van der Waals surface area contributed by atoms with E-state index in [0.717, 1.165) is 17.3 Å². The fraction of sp³-hybridized carbons (Fsp3) is 1.00. The molecule has 0 aromatic rings. The van der Waals surface area contributed by atoms with Gasteiger partial charge >= 0.3 is 0 Å². The van der Waals surface area contributed by atoms with Gasteiger partial charge in [-0.25, -0.2) is 5.01 Å². The smallest absolute Gasteiger partial charge is 0.0136 e. The monoisotopic (exact) mass is 196 g/mol. The minimum atomic E-state index is 0.738. The van der Waals surface area contributed by atoms with Crippen LogP contribution in [0.2, 0.25) is 0 Å². The van der Waals surface area contributed by atoms with Gasteiger partial charge in [-0.15, -0.1) is 0 Å². The molecule has 2 rings (SSSR count). The van der Waals surface area contributed by atoms with Gasteiger partial charge in [-0.3, -0.25) is 5.43 Å². The first-order valence-electron chi connectivity index (χ1n) is 6.10. The van der Waals surface area contributed by atoms with E-state index in [1.54, 1.807) is 0 Å². The average molecular weight is 196 g/mol. The maximum Gasteiger partial charge on any atom is 0.0136 e. The summed E-state index contributed by atoms with van der Waals surface area (Å²) in [6.07, 6.45) is 5.80. The summed E-state index contributed by atoms with van der Waals surface area (Å²) in [4.78, 5) is 0. The molecule has 1 saturated carbocycles. The molecule has 0 bridgehead atoms. The van der Waals surface area contributed by atoms with E-state index >= 15 is 0 Å². The zero-order valence-corrected chi connectivity index (χ0v) is 9.84. The molecule has 0 radical (unpaired) electrons. The molecule has 1 spiro atoms. The van der Waals surface area contributed by atoms with Gasteiger partial charge < -0.3 is 0 Å². The van der Waals surface area contributed by atoms with Crippen LogP contribution in [0, 0.1) is 17.3 Å². The minimum Gasteiger partial charge on any atom is -0.258 e. The quantitative estimate of drug-likeness (QED) is 0.729. The Balaban J connectivity index is 1.93. The maximum absolute atomic E-state index is 3.27. The van der Waals surface area contributed by atoms with E-state index in [0.29, 0.717) is 0 Å². The number of piperidine rings is 1. The number of rotatable bonds is 2. The molecule has 1 N–H and O–H groups in total. The average Bonchev–Trinajstić information content (AvgIpc) is 2.15.